The minimum Gasteiger partial charge on any atom is -0.439 e. The molecular weight excluding hydrogens is 378 g/mol. The molecule has 2 aromatic carbocycles. The standard InChI is InChI=1S/C22H22F2N2OS/c1-13(2)20-11-21(27-18-8-14(3)7-15(4)9-18)26-22(25-20)28-12-16-5-6-17(23)10-19(16)24/h5-11,13H,12H2,1-4H3. The summed E-state index contributed by atoms with van der Waals surface area (Å²) in [5.41, 5.74) is 3.46. The Morgan fingerprint density at radius 2 is 1.68 bits per heavy atom. The predicted molar refractivity (Wildman–Crippen MR) is 108 cm³/mol. The van der Waals surface area contributed by atoms with Gasteiger partial charge in [0.25, 0.3) is 0 Å². The second kappa shape index (κ2) is 8.69. The number of aromatic nitrogens is 2. The molecule has 1 heterocycles. The van der Waals surface area contributed by atoms with Crippen LogP contribution >= 0.6 is 11.8 Å². The predicted octanol–water partition coefficient (Wildman–Crippen LogP) is 6.58. The average Bonchev–Trinajstić information content (AvgIpc) is 2.60. The van der Waals surface area contributed by atoms with E-state index in [1.54, 1.807) is 0 Å². The number of hydrogen-bond acceptors (Lipinski definition) is 4. The fourth-order valence-electron chi connectivity index (χ4n) is 2.73. The lowest BCUT2D eigenvalue weighted by Crippen LogP contribution is -2.00. The molecule has 146 valence electrons. The molecule has 0 saturated heterocycles. The minimum atomic E-state index is -0.589. The summed E-state index contributed by atoms with van der Waals surface area (Å²) in [6.45, 7) is 8.10. The summed E-state index contributed by atoms with van der Waals surface area (Å²) in [7, 11) is 0. The maximum Gasteiger partial charge on any atom is 0.223 e. The first kappa shape index (κ1) is 20.3. The number of thioether (sulfide) groups is 1. The smallest absolute Gasteiger partial charge is 0.223 e. The summed E-state index contributed by atoms with van der Waals surface area (Å²) in [6, 6.07) is 11.4. The lowest BCUT2D eigenvalue weighted by atomic mass is 10.1. The lowest BCUT2D eigenvalue weighted by Gasteiger charge is -2.12. The average molecular weight is 400 g/mol. The summed E-state index contributed by atoms with van der Waals surface area (Å²) in [6.07, 6.45) is 0. The van der Waals surface area contributed by atoms with Crippen LogP contribution in [0.25, 0.3) is 0 Å². The van der Waals surface area contributed by atoms with Gasteiger partial charge in [-0.25, -0.2) is 13.8 Å². The molecule has 3 aromatic rings. The van der Waals surface area contributed by atoms with E-state index >= 15 is 0 Å². The van der Waals surface area contributed by atoms with Gasteiger partial charge in [-0.2, -0.15) is 4.98 Å². The number of halogens is 2. The SMILES string of the molecule is Cc1cc(C)cc(Oc2cc(C(C)C)nc(SCc3ccc(F)cc3F)n2)c1. The Balaban J connectivity index is 1.84. The number of benzene rings is 2. The number of aryl methyl sites for hydroxylation is 2. The minimum absolute atomic E-state index is 0.187. The quantitative estimate of drug-likeness (QED) is 0.346. The summed E-state index contributed by atoms with van der Waals surface area (Å²) in [5, 5.41) is 0.495. The number of rotatable bonds is 6. The Bertz CT molecular complexity index is 972. The first-order chi connectivity index (χ1) is 13.3. The summed E-state index contributed by atoms with van der Waals surface area (Å²) >= 11 is 1.29. The number of ether oxygens (including phenoxy) is 1. The van der Waals surface area contributed by atoms with E-state index in [0.717, 1.165) is 22.9 Å². The fourth-order valence-corrected chi connectivity index (χ4v) is 3.57. The second-order valence-corrected chi connectivity index (χ2v) is 7.96. The molecule has 0 aliphatic carbocycles. The molecule has 0 radical (unpaired) electrons. The van der Waals surface area contributed by atoms with Gasteiger partial charge in [0.15, 0.2) is 5.16 Å². The highest BCUT2D eigenvalue weighted by Gasteiger charge is 2.12. The number of hydrogen-bond donors (Lipinski definition) is 0. The van der Waals surface area contributed by atoms with E-state index in [9.17, 15) is 8.78 Å². The zero-order valence-electron chi connectivity index (χ0n) is 16.3. The second-order valence-electron chi connectivity index (χ2n) is 7.02. The molecule has 3 nitrogen and oxygen atoms in total. The molecule has 0 aliphatic rings. The Labute approximate surface area is 168 Å². The third kappa shape index (κ3) is 5.29. The molecule has 6 heteroatoms. The molecule has 0 bridgehead atoms. The molecule has 1 aromatic heterocycles. The van der Waals surface area contributed by atoms with Gasteiger partial charge in [-0.05, 0) is 54.7 Å². The molecule has 0 saturated carbocycles. The molecule has 0 atom stereocenters. The van der Waals surface area contributed by atoms with Crippen LogP contribution < -0.4 is 4.74 Å². The fraction of sp³-hybridized carbons (Fsp3) is 0.273. The van der Waals surface area contributed by atoms with Gasteiger partial charge < -0.3 is 4.74 Å². The van der Waals surface area contributed by atoms with Crippen molar-refractivity contribution in [2.75, 3.05) is 0 Å². The summed E-state index contributed by atoms with van der Waals surface area (Å²) in [5.74, 6) is 0.493. The van der Waals surface area contributed by atoms with Crippen LogP contribution in [0.5, 0.6) is 11.6 Å². The van der Waals surface area contributed by atoms with Gasteiger partial charge in [-0.1, -0.05) is 37.7 Å². The van der Waals surface area contributed by atoms with Crippen molar-refractivity contribution in [3.8, 4) is 11.6 Å². The van der Waals surface area contributed by atoms with Crippen molar-refractivity contribution < 1.29 is 13.5 Å². The van der Waals surface area contributed by atoms with Crippen LogP contribution in [0.15, 0.2) is 47.6 Å². The summed E-state index contributed by atoms with van der Waals surface area (Å²) < 4.78 is 32.9. The molecule has 0 amide bonds. The topological polar surface area (TPSA) is 35.0 Å². The zero-order valence-corrected chi connectivity index (χ0v) is 17.1. The molecule has 28 heavy (non-hydrogen) atoms. The van der Waals surface area contributed by atoms with Crippen molar-refractivity contribution in [2.45, 2.75) is 44.5 Å². The molecule has 0 fully saturated rings. The maximum atomic E-state index is 13.9. The van der Waals surface area contributed by atoms with E-state index < -0.39 is 11.6 Å². The zero-order chi connectivity index (χ0) is 20.3. The van der Waals surface area contributed by atoms with Crippen LogP contribution in [0.3, 0.4) is 0 Å². The van der Waals surface area contributed by atoms with E-state index in [0.29, 0.717) is 28.1 Å². The van der Waals surface area contributed by atoms with Crippen molar-refractivity contribution >= 4 is 11.8 Å². The van der Waals surface area contributed by atoms with Crippen LogP contribution in [-0.4, -0.2) is 9.97 Å². The Morgan fingerprint density at radius 1 is 0.964 bits per heavy atom. The maximum absolute atomic E-state index is 13.9. The van der Waals surface area contributed by atoms with Crippen molar-refractivity contribution in [2.24, 2.45) is 0 Å². The Morgan fingerprint density at radius 3 is 2.32 bits per heavy atom. The molecule has 3 rings (SSSR count). The van der Waals surface area contributed by atoms with Gasteiger partial charge >= 0.3 is 0 Å². The normalized spacial score (nSPS) is 11.1. The van der Waals surface area contributed by atoms with Crippen molar-refractivity contribution in [3.63, 3.8) is 0 Å². The van der Waals surface area contributed by atoms with Gasteiger partial charge in [-0.15, -0.1) is 0 Å². The van der Waals surface area contributed by atoms with Crippen molar-refractivity contribution in [3.05, 3.63) is 76.5 Å². The van der Waals surface area contributed by atoms with Crippen LogP contribution in [0.1, 0.15) is 42.1 Å². The molecule has 0 aliphatic heterocycles. The van der Waals surface area contributed by atoms with Gasteiger partial charge in [-0.3, -0.25) is 0 Å². The van der Waals surface area contributed by atoms with Gasteiger partial charge in [0.1, 0.15) is 17.4 Å². The highest BCUT2D eigenvalue weighted by molar-refractivity contribution is 7.98. The molecule has 0 N–H and O–H groups in total. The van der Waals surface area contributed by atoms with Gasteiger partial charge in [0, 0.05) is 17.9 Å². The van der Waals surface area contributed by atoms with Crippen LogP contribution in [0.2, 0.25) is 0 Å². The first-order valence-corrected chi connectivity index (χ1v) is 10.0. The number of nitrogens with zero attached hydrogens (tertiary/aromatic N) is 2. The van der Waals surface area contributed by atoms with E-state index in [4.69, 9.17) is 4.74 Å². The molecule has 0 unspecified atom stereocenters. The van der Waals surface area contributed by atoms with Crippen molar-refractivity contribution in [1.82, 2.24) is 9.97 Å². The van der Waals surface area contributed by atoms with Crippen LogP contribution in [0, 0.1) is 25.5 Å². The largest absolute Gasteiger partial charge is 0.439 e. The lowest BCUT2D eigenvalue weighted by molar-refractivity contribution is 0.452. The van der Waals surface area contributed by atoms with Gasteiger partial charge in [0.05, 0.1) is 5.69 Å². The van der Waals surface area contributed by atoms with Gasteiger partial charge in [0.2, 0.25) is 5.88 Å². The highest BCUT2D eigenvalue weighted by atomic mass is 32.2. The Hall–Kier alpha value is -2.47. The molecule has 0 spiro atoms. The first-order valence-electron chi connectivity index (χ1n) is 9.02. The van der Waals surface area contributed by atoms with Crippen LogP contribution in [0.4, 0.5) is 8.78 Å². The third-order valence-corrected chi connectivity index (χ3v) is 4.98. The van der Waals surface area contributed by atoms with Crippen LogP contribution in [-0.2, 0) is 5.75 Å². The monoisotopic (exact) mass is 400 g/mol. The van der Waals surface area contributed by atoms with Crippen molar-refractivity contribution in [1.29, 1.82) is 0 Å². The van der Waals surface area contributed by atoms with E-state index in [2.05, 4.69) is 16.0 Å². The Kier molecular flexibility index (Phi) is 6.29. The summed E-state index contributed by atoms with van der Waals surface area (Å²) in [4.78, 5) is 9.01. The van der Waals surface area contributed by atoms with E-state index in [1.165, 1.54) is 23.9 Å². The van der Waals surface area contributed by atoms with E-state index in [-0.39, 0.29) is 5.92 Å². The molecular formula is C22H22F2N2OS. The third-order valence-electron chi connectivity index (χ3n) is 4.08. The highest BCUT2D eigenvalue weighted by Crippen LogP contribution is 2.29. The van der Waals surface area contributed by atoms with E-state index in [1.807, 2.05) is 45.9 Å².